The molecule has 0 saturated carbocycles. The molecule has 0 aromatic heterocycles. The monoisotopic (exact) mass is 356 g/mol. The molecule has 0 bridgehead atoms. The lowest BCUT2D eigenvalue weighted by molar-refractivity contribution is -0.116. The molecule has 0 fully saturated rings. The third kappa shape index (κ3) is 3.42. The van der Waals surface area contributed by atoms with E-state index in [1.807, 2.05) is 32.0 Å². The molecule has 1 aliphatic heterocycles. The van der Waals surface area contributed by atoms with Gasteiger partial charge in [0.05, 0.1) is 16.1 Å². The lowest BCUT2D eigenvalue weighted by atomic mass is 10.1. The first-order valence-corrected chi connectivity index (χ1v) is 8.27. The van der Waals surface area contributed by atoms with Crippen LogP contribution in [0.15, 0.2) is 36.4 Å². The molecule has 0 radical (unpaired) electrons. The zero-order valence-corrected chi connectivity index (χ0v) is 14.7. The normalized spacial score (nSPS) is 13.2. The van der Waals surface area contributed by atoms with Crippen molar-refractivity contribution in [1.29, 1.82) is 0 Å². The highest BCUT2D eigenvalue weighted by molar-refractivity contribution is 6.37. The predicted octanol–water partition coefficient (Wildman–Crippen LogP) is 3.58. The summed E-state index contributed by atoms with van der Waals surface area (Å²) in [6, 6.07) is 10.5. The maximum absolute atomic E-state index is 12.4. The van der Waals surface area contributed by atoms with Gasteiger partial charge in [-0.2, -0.15) is 0 Å². The minimum Gasteiger partial charge on any atom is -0.326 e. The van der Waals surface area contributed by atoms with E-state index in [1.54, 1.807) is 18.2 Å². The van der Waals surface area contributed by atoms with Crippen LogP contribution >= 0.6 is 11.6 Å². The van der Waals surface area contributed by atoms with E-state index in [9.17, 15) is 14.4 Å². The van der Waals surface area contributed by atoms with Gasteiger partial charge in [-0.3, -0.25) is 19.3 Å². The van der Waals surface area contributed by atoms with Gasteiger partial charge >= 0.3 is 0 Å². The fourth-order valence-corrected chi connectivity index (χ4v) is 3.23. The highest BCUT2D eigenvalue weighted by atomic mass is 35.5. The maximum atomic E-state index is 12.4. The molecule has 0 spiro atoms. The van der Waals surface area contributed by atoms with Crippen LogP contribution < -0.4 is 5.32 Å². The lowest BCUT2D eigenvalue weighted by Crippen LogP contribution is -2.32. The van der Waals surface area contributed by atoms with Gasteiger partial charge in [-0.05, 0) is 49.2 Å². The number of aryl methyl sites for hydroxylation is 2. The summed E-state index contributed by atoms with van der Waals surface area (Å²) in [5, 5.41) is 3.04. The Kier molecular flexibility index (Phi) is 4.59. The SMILES string of the molecule is Cc1cc(C)cc(NC(=O)CCN2C(=O)c3cccc(Cl)c3C2=O)c1. The summed E-state index contributed by atoms with van der Waals surface area (Å²) in [6.45, 7) is 3.91. The number of nitrogens with zero attached hydrogens (tertiary/aromatic N) is 1. The zero-order chi connectivity index (χ0) is 18.1. The molecule has 25 heavy (non-hydrogen) atoms. The molecule has 0 saturated heterocycles. The van der Waals surface area contributed by atoms with E-state index < -0.39 is 11.8 Å². The van der Waals surface area contributed by atoms with Crippen molar-refractivity contribution in [2.75, 3.05) is 11.9 Å². The van der Waals surface area contributed by atoms with Gasteiger partial charge in [0.25, 0.3) is 11.8 Å². The van der Waals surface area contributed by atoms with Gasteiger partial charge in [-0.1, -0.05) is 23.7 Å². The summed E-state index contributed by atoms with van der Waals surface area (Å²) >= 11 is 6.02. The maximum Gasteiger partial charge on any atom is 0.263 e. The molecule has 3 rings (SSSR count). The smallest absolute Gasteiger partial charge is 0.263 e. The Morgan fingerprint density at radius 3 is 2.40 bits per heavy atom. The number of hydrogen-bond acceptors (Lipinski definition) is 3. The third-order valence-electron chi connectivity index (χ3n) is 4.02. The molecule has 5 nitrogen and oxygen atoms in total. The summed E-state index contributed by atoms with van der Waals surface area (Å²) in [4.78, 5) is 37.9. The van der Waals surface area contributed by atoms with Gasteiger partial charge < -0.3 is 5.32 Å². The van der Waals surface area contributed by atoms with Crippen molar-refractivity contribution >= 4 is 35.0 Å². The molecule has 0 unspecified atom stereocenters. The Morgan fingerprint density at radius 2 is 1.76 bits per heavy atom. The molecule has 2 aromatic carbocycles. The molecular weight excluding hydrogens is 340 g/mol. The van der Waals surface area contributed by atoms with Gasteiger partial charge in [0.1, 0.15) is 0 Å². The second kappa shape index (κ2) is 6.69. The first kappa shape index (κ1) is 17.2. The minimum atomic E-state index is -0.454. The van der Waals surface area contributed by atoms with Crippen LogP contribution in [0.3, 0.4) is 0 Å². The lowest BCUT2D eigenvalue weighted by Gasteiger charge is -2.14. The third-order valence-corrected chi connectivity index (χ3v) is 4.33. The Morgan fingerprint density at radius 1 is 1.08 bits per heavy atom. The molecule has 128 valence electrons. The molecule has 2 aromatic rings. The van der Waals surface area contributed by atoms with E-state index in [2.05, 4.69) is 5.32 Å². The number of hydrogen-bond donors (Lipinski definition) is 1. The number of imide groups is 1. The topological polar surface area (TPSA) is 66.5 Å². The van der Waals surface area contributed by atoms with E-state index in [1.165, 1.54) is 0 Å². The van der Waals surface area contributed by atoms with Crippen LogP contribution in [0.1, 0.15) is 38.3 Å². The van der Waals surface area contributed by atoms with Gasteiger partial charge in [0.2, 0.25) is 5.91 Å². The molecular formula is C19H17ClN2O3. The average molecular weight is 357 g/mol. The Labute approximate surface area is 150 Å². The first-order valence-electron chi connectivity index (χ1n) is 7.89. The van der Waals surface area contributed by atoms with E-state index in [4.69, 9.17) is 11.6 Å². The molecule has 6 heteroatoms. The van der Waals surface area contributed by atoms with Crippen LogP contribution in [0.2, 0.25) is 5.02 Å². The van der Waals surface area contributed by atoms with Crippen LogP contribution in [0.5, 0.6) is 0 Å². The quantitative estimate of drug-likeness (QED) is 0.851. The van der Waals surface area contributed by atoms with E-state index in [0.29, 0.717) is 5.69 Å². The Hall–Kier alpha value is -2.66. The second-order valence-electron chi connectivity index (χ2n) is 6.10. The number of halogens is 1. The largest absolute Gasteiger partial charge is 0.326 e. The number of rotatable bonds is 4. The fraction of sp³-hybridized carbons (Fsp3) is 0.211. The minimum absolute atomic E-state index is 0.0132. The van der Waals surface area contributed by atoms with Gasteiger partial charge in [0, 0.05) is 18.7 Å². The van der Waals surface area contributed by atoms with E-state index >= 15 is 0 Å². The van der Waals surface area contributed by atoms with Crippen LogP contribution in [0.25, 0.3) is 0 Å². The summed E-state index contributed by atoms with van der Waals surface area (Å²) in [5.74, 6) is -1.13. The number of carbonyl (C=O) groups is 3. The van der Waals surface area contributed by atoms with Gasteiger partial charge in [-0.25, -0.2) is 0 Å². The van der Waals surface area contributed by atoms with E-state index in [0.717, 1.165) is 16.0 Å². The number of benzene rings is 2. The fourth-order valence-electron chi connectivity index (χ4n) is 2.98. The van der Waals surface area contributed by atoms with E-state index in [-0.39, 0.29) is 35.0 Å². The van der Waals surface area contributed by atoms with Gasteiger partial charge in [0.15, 0.2) is 0 Å². The number of amides is 3. The summed E-state index contributed by atoms with van der Waals surface area (Å²) in [5.41, 5.74) is 3.29. The van der Waals surface area contributed by atoms with Crippen LogP contribution in [0.4, 0.5) is 5.69 Å². The van der Waals surface area contributed by atoms with Crippen molar-refractivity contribution in [3.8, 4) is 0 Å². The van der Waals surface area contributed by atoms with Crippen LogP contribution in [-0.4, -0.2) is 29.2 Å². The molecule has 3 amide bonds. The van der Waals surface area contributed by atoms with Crippen molar-refractivity contribution in [3.05, 3.63) is 63.7 Å². The number of carbonyl (C=O) groups excluding carboxylic acids is 3. The van der Waals surface area contributed by atoms with Crippen molar-refractivity contribution in [3.63, 3.8) is 0 Å². The van der Waals surface area contributed by atoms with Crippen LogP contribution in [0, 0.1) is 13.8 Å². The van der Waals surface area contributed by atoms with Crippen molar-refractivity contribution in [1.82, 2.24) is 4.90 Å². The first-order chi connectivity index (χ1) is 11.9. The molecule has 1 heterocycles. The number of nitrogens with one attached hydrogen (secondary N) is 1. The molecule has 1 aliphatic rings. The predicted molar refractivity (Wildman–Crippen MR) is 96.0 cm³/mol. The summed E-state index contributed by atoms with van der Waals surface area (Å²) < 4.78 is 0. The highest BCUT2D eigenvalue weighted by Gasteiger charge is 2.37. The summed E-state index contributed by atoms with van der Waals surface area (Å²) in [7, 11) is 0. The standard InChI is InChI=1S/C19H17ClN2O3/c1-11-8-12(2)10-13(9-11)21-16(23)6-7-22-18(24)14-4-3-5-15(20)17(14)19(22)25/h3-5,8-10H,6-7H2,1-2H3,(H,21,23). The highest BCUT2D eigenvalue weighted by Crippen LogP contribution is 2.29. The van der Waals surface area contributed by atoms with Crippen LogP contribution in [-0.2, 0) is 4.79 Å². The van der Waals surface area contributed by atoms with Crippen molar-refractivity contribution < 1.29 is 14.4 Å². The Bertz CT molecular complexity index is 872. The average Bonchev–Trinajstić information content (AvgIpc) is 2.77. The molecule has 0 atom stereocenters. The number of anilines is 1. The van der Waals surface area contributed by atoms with Crippen molar-refractivity contribution in [2.24, 2.45) is 0 Å². The number of fused-ring (bicyclic) bond motifs is 1. The second-order valence-corrected chi connectivity index (χ2v) is 6.51. The zero-order valence-electron chi connectivity index (χ0n) is 13.9. The Balaban J connectivity index is 1.66. The summed E-state index contributed by atoms with van der Waals surface area (Å²) in [6.07, 6.45) is 0.0239. The van der Waals surface area contributed by atoms with Gasteiger partial charge in [-0.15, -0.1) is 0 Å². The van der Waals surface area contributed by atoms with Crippen molar-refractivity contribution in [2.45, 2.75) is 20.3 Å². The molecule has 1 N–H and O–H groups in total. The molecule has 0 aliphatic carbocycles.